The molecule has 2 aliphatic rings. The number of rotatable bonds is 3. The van der Waals surface area contributed by atoms with Gasteiger partial charge in [-0.1, -0.05) is 38.1 Å². The van der Waals surface area contributed by atoms with Gasteiger partial charge in [0.15, 0.2) is 11.7 Å². The van der Waals surface area contributed by atoms with Gasteiger partial charge in [-0.3, -0.25) is 4.79 Å². The predicted octanol–water partition coefficient (Wildman–Crippen LogP) is 5.39. The standard InChI is InChI=1S/C25H24N2O3S/c1-25(2)12-17(28)21-18(13-25)30-23(26)22(20(21)14-8-10-15(29-3)11-9-14)24-27-16-6-4-5-7-19(16)31-24/h4-11,20H,12-13,26H2,1-3H3. The second-order valence-electron chi connectivity index (χ2n) is 8.85. The Balaban J connectivity index is 1.71. The molecule has 1 aromatic heterocycles. The zero-order chi connectivity index (χ0) is 21.8. The number of allylic oxidation sites excluding steroid dienone is 3. The fourth-order valence-corrected chi connectivity index (χ4v) is 5.56. The molecule has 1 aliphatic heterocycles. The molecule has 0 amide bonds. The van der Waals surface area contributed by atoms with Crippen LogP contribution < -0.4 is 10.5 Å². The number of benzene rings is 2. The topological polar surface area (TPSA) is 74.4 Å². The number of ketones is 1. The summed E-state index contributed by atoms with van der Waals surface area (Å²) in [6.45, 7) is 4.17. The lowest BCUT2D eigenvalue weighted by molar-refractivity contribution is -0.118. The van der Waals surface area contributed by atoms with Crippen LogP contribution in [0.4, 0.5) is 0 Å². The maximum atomic E-state index is 13.4. The minimum absolute atomic E-state index is 0.109. The predicted molar refractivity (Wildman–Crippen MR) is 123 cm³/mol. The Kier molecular flexibility index (Phi) is 4.63. The number of ether oxygens (including phenoxy) is 2. The molecule has 0 bridgehead atoms. The van der Waals surface area contributed by atoms with Crippen LogP contribution in [0.15, 0.2) is 65.7 Å². The van der Waals surface area contributed by atoms with Gasteiger partial charge in [0.1, 0.15) is 16.5 Å². The van der Waals surface area contributed by atoms with E-state index in [-0.39, 0.29) is 17.1 Å². The highest BCUT2D eigenvalue weighted by Crippen LogP contribution is 2.51. The number of thiazole rings is 1. The third kappa shape index (κ3) is 3.41. The number of carbonyl (C=O) groups excluding carboxylic acids is 1. The van der Waals surface area contributed by atoms with Crippen LogP contribution in [0, 0.1) is 5.41 Å². The second-order valence-corrected chi connectivity index (χ2v) is 9.88. The summed E-state index contributed by atoms with van der Waals surface area (Å²) in [6, 6.07) is 15.8. The molecule has 2 aromatic carbocycles. The molecule has 2 N–H and O–H groups in total. The lowest BCUT2D eigenvalue weighted by Gasteiger charge is -2.38. The summed E-state index contributed by atoms with van der Waals surface area (Å²) in [7, 11) is 1.64. The van der Waals surface area contributed by atoms with Gasteiger partial charge in [-0.2, -0.15) is 0 Å². The Morgan fingerprint density at radius 1 is 1.10 bits per heavy atom. The minimum atomic E-state index is -0.321. The summed E-state index contributed by atoms with van der Waals surface area (Å²) in [4.78, 5) is 18.2. The number of Topliss-reactive ketones (excluding diaryl/α,β-unsaturated/α-hetero) is 1. The van der Waals surface area contributed by atoms with E-state index < -0.39 is 0 Å². The molecule has 31 heavy (non-hydrogen) atoms. The average Bonchev–Trinajstić information content (AvgIpc) is 3.15. The highest BCUT2D eigenvalue weighted by molar-refractivity contribution is 7.19. The summed E-state index contributed by atoms with van der Waals surface area (Å²) in [6.07, 6.45) is 1.16. The quantitative estimate of drug-likeness (QED) is 0.601. The molecular formula is C25H24N2O3S. The van der Waals surface area contributed by atoms with E-state index in [9.17, 15) is 4.79 Å². The van der Waals surface area contributed by atoms with Crippen molar-refractivity contribution in [2.45, 2.75) is 32.6 Å². The van der Waals surface area contributed by atoms with Crippen LogP contribution in [-0.4, -0.2) is 17.9 Å². The molecule has 6 heteroatoms. The van der Waals surface area contributed by atoms with E-state index in [1.165, 1.54) is 0 Å². The molecule has 0 fully saturated rings. The van der Waals surface area contributed by atoms with Gasteiger partial charge in [0.2, 0.25) is 0 Å². The van der Waals surface area contributed by atoms with Crippen LogP contribution in [0.3, 0.4) is 0 Å². The molecule has 0 radical (unpaired) electrons. The molecule has 5 rings (SSSR count). The number of para-hydroxylation sites is 1. The van der Waals surface area contributed by atoms with Gasteiger partial charge in [0.05, 0.1) is 22.9 Å². The smallest absolute Gasteiger partial charge is 0.197 e. The summed E-state index contributed by atoms with van der Waals surface area (Å²) < 4.78 is 12.5. The van der Waals surface area contributed by atoms with Crippen molar-refractivity contribution in [3.05, 3.63) is 76.3 Å². The normalized spacial score (nSPS) is 20.6. The Morgan fingerprint density at radius 2 is 1.84 bits per heavy atom. The Bertz CT molecular complexity index is 1220. The Hall–Kier alpha value is -3.12. The third-order valence-electron chi connectivity index (χ3n) is 5.93. The molecular weight excluding hydrogens is 408 g/mol. The van der Waals surface area contributed by atoms with E-state index in [0.717, 1.165) is 32.1 Å². The molecule has 2 heterocycles. The number of methoxy groups -OCH3 is 1. The van der Waals surface area contributed by atoms with E-state index in [1.807, 2.05) is 48.5 Å². The number of carbonyl (C=O) groups is 1. The molecule has 0 spiro atoms. The molecule has 1 aliphatic carbocycles. The van der Waals surface area contributed by atoms with E-state index in [4.69, 9.17) is 20.2 Å². The van der Waals surface area contributed by atoms with Gasteiger partial charge in [-0.25, -0.2) is 4.98 Å². The van der Waals surface area contributed by atoms with Crippen LogP contribution >= 0.6 is 11.3 Å². The van der Waals surface area contributed by atoms with Gasteiger partial charge in [-0.05, 0) is 35.2 Å². The van der Waals surface area contributed by atoms with Crippen LogP contribution in [0.25, 0.3) is 15.8 Å². The molecule has 3 aromatic rings. The summed E-state index contributed by atoms with van der Waals surface area (Å²) in [5, 5.41) is 0.781. The van der Waals surface area contributed by atoms with Crippen molar-refractivity contribution in [1.29, 1.82) is 0 Å². The number of hydrogen-bond acceptors (Lipinski definition) is 6. The molecule has 0 saturated heterocycles. The van der Waals surface area contributed by atoms with Crippen LogP contribution in [0.2, 0.25) is 0 Å². The lowest BCUT2D eigenvalue weighted by Crippen LogP contribution is -2.33. The number of nitrogens with two attached hydrogens (primary N) is 1. The van der Waals surface area contributed by atoms with Crippen LogP contribution in [0.5, 0.6) is 5.75 Å². The van der Waals surface area contributed by atoms with Gasteiger partial charge in [-0.15, -0.1) is 11.3 Å². The highest BCUT2D eigenvalue weighted by Gasteiger charge is 2.43. The van der Waals surface area contributed by atoms with Gasteiger partial charge in [0, 0.05) is 24.3 Å². The first kappa shape index (κ1) is 19.8. The fraction of sp³-hybridized carbons (Fsp3) is 0.280. The zero-order valence-corrected chi connectivity index (χ0v) is 18.6. The first-order valence-electron chi connectivity index (χ1n) is 10.3. The van der Waals surface area contributed by atoms with Crippen molar-refractivity contribution in [3.8, 4) is 5.75 Å². The zero-order valence-electron chi connectivity index (χ0n) is 17.8. The minimum Gasteiger partial charge on any atom is -0.497 e. The SMILES string of the molecule is COc1ccc(C2C3=C(CC(C)(C)CC3=O)OC(N)=C2c2nc3ccccc3s2)cc1. The molecule has 1 atom stereocenters. The van der Waals surface area contributed by atoms with Crippen LogP contribution in [0.1, 0.15) is 43.2 Å². The van der Waals surface area contributed by atoms with Crippen molar-refractivity contribution in [3.63, 3.8) is 0 Å². The molecule has 158 valence electrons. The summed E-state index contributed by atoms with van der Waals surface area (Å²) >= 11 is 1.57. The Morgan fingerprint density at radius 3 is 2.55 bits per heavy atom. The van der Waals surface area contributed by atoms with E-state index in [1.54, 1.807) is 18.4 Å². The average molecular weight is 433 g/mol. The highest BCUT2D eigenvalue weighted by atomic mass is 32.1. The summed E-state index contributed by atoms with van der Waals surface area (Å²) in [5.41, 5.74) is 9.70. The number of hydrogen-bond donors (Lipinski definition) is 1. The van der Waals surface area contributed by atoms with Crippen molar-refractivity contribution < 1.29 is 14.3 Å². The monoisotopic (exact) mass is 432 g/mol. The van der Waals surface area contributed by atoms with E-state index in [0.29, 0.717) is 30.1 Å². The first-order valence-corrected chi connectivity index (χ1v) is 11.1. The molecule has 1 unspecified atom stereocenters. The second kappa shape index (κ2) is 7.24. The van der Waals surface area contributed by atoms with E-state index >= 15 is 0 Å². The van der Waals surface area contributed by atoms with Crippen molar-refractivity contribution in [2.75, 3.05) is 7.11 Å². The largest absolute Gasteiger partial charge is 0.497 e. The molecule has 0 saturated carbocycles. The first-order chi connectivity index (χ1) is 14.9. The number of nitrogens with zero attached hydrogens (tertiary/aromatic N) is 1. The lowest BCUT2D eigenvalue weighted by atomic mass is 9.70. The van der Waals surface area contributed by atoms with E-state index in [2.05, 4.69) is 13.8 Å². The maximum absolute atomic E-state index is 13.4. The third-order valence-corrected chi connectivity index (χ3v) is 7.00. The maximum Gasteiger partial charge on any atom is 0.197 e. The van der Waals surface area contributed by atoms with Gasteiger partial charge in [0.25, 0.3) is 0 Å². The number of fused-ring (bicyclic) bond motifs is 1. The van der Waals surface area contributed by atoms with Crippen molar-refractivity contribution >= 4 is 32.9 Å². The van der Waals surface area contributed by atoms with Crippen molar-refractivity contribution in [2.24, 2.45) is 11.1 Å². The Labute approximate surface area is 185 Å². The van der Waals surface area contributed by atoms with Gasteiger partial charge < -0.3 is 15.2 Å². The summed E-state index contributed by atoms with van der Waals surface area (Å²) in [5.74, 6) is 1.56. The van der Waals surface area contributed by atoms with Crippen LogP contribution in [-0.2, 0) is 9.53 Å². The number of aromatic nitrogens is 1. The van der Waals surface area contributed by atoms with Crippen molar-refractivity contribution in [1.82, 2.24) is 4.98 Å². The van der Waals surface area contributed by atoms with Gasteiger partial charge >= 0.3 is 0 Å². The molecule has 5 nitrogen and oxygen atoms in total. The fourth-order valence-electron chi connectivity index (χ4n) is 4.51.